The summed E-state index contributed by atoms with van der Waals surface area (Å²) in [7, 11) is 0. The minimum absolute atomic E-state index is 0.653. The summed E-state index contributed by atoms with van der Waals surface area (Å²) in [5.41, 5.74) is 2.73. The Morgan fingerprint density at radius 1 is 1.10 bits per heavy atom. The molecule has 1 aliphatic rings. The summed E-state index contributed by atoms with van der Waals surface area (Å²) in [6.07, 6.45) is 5.68. The largest absolute Gasteiger partial charge is 0.372 e. The standard InChI is InChI=1S/C18H30N2/c1-4-20(5-2)18-12-10-16(11-13-18)14-19-15(3)17-8-6-7-9-17/h10-13,15,17,19H,4-9,14H2,1-3H3. The van der Waals surface area contributed by atoms with Gasteiger partial charge in [-0.25, -0.2) is 0 Å². The molecule has 1 unspecified atom stereocenters. The van der Waals surface area contributed by atoms with Gasteiger partial charge in [0.05, 0.1) is 0 Å². The lowest BCUT2D eigenvalue weighted by atomic mass is 9.99. The maximum absolute atomic E-state index is 3.70. The smallest absolute Gasteiger partial charge is 0.0366 e. The zero-order valence-corrected chi connectivity index (χ0v) is 13.4. The van der Waals surface area contributed by atoms with Gasteiger partial charge in [-0.05, 0) is 57.2 Å². The van der Waals surface area contributed by atoms with E-state index in [1.807, 2.05) is 0 Å². The zero-order valence-electron chi connectivity index (χ0n) is 13.4. The molecule has 1 aromatic carbocycles. The van der Waals surface area contributed by atoms with Crippen molar-refractivity contribution in [2.45, 2.75) is 59.0 Å². The molecule has 0 aliphatic heterocycles. The second-order valence-electron chi connectivity index (χ2n) is 6.05. The molecule has 2 nitrogen and oxygen atoms in total. The van der Waals surface area contributed by atoms with Crippen LogP contribution in [0.5, 0.6) is 0 Å². The molecular weight excluding hydrogens is 244 g/mol. The van der Waals surface area contributed by atoms with Crippen LogP contribution in [-0.4, -0.2) is 19.1 Å². The first-order valence-corrected chi connectivity index (χ1v) is 8.31. The van der Waals surface area contributed by atoms with E-state index in [-0.39, 0.29) is 0 Å². The van der Waals surface area contributed by atoms with Crippen LogP contribution in [0.2, 0.25) is 0 Å². The van der Waals surface area contributed by atoms with Crippen LogP contribution in [-0.2, 0) is 6.54 Å². The first-order valence-electron chi connectivity index (χ1n) is 8.31. The summed E-state index contributed by atoms with van der Waals surface area (Å²) in [5.74, 6) is 0.893. The van der Waals surface area contributed by atoms with Crippen LogP contribution in [0, 0.1) is 5.92 Å². The van der Waals surface area contributed by atoms with Gasteiger partial charge in [-0.2, -0.15) is 0 Å². The molecule has 0 amide bonds. The van der Waals surface area contributed by atoms with Crippen molar-refractivity contribution in [1.29, 1.82) is 0 Å². The van der Waals surface area contributed by atoms with Crippen LogP contribution < -0.4 is 10.2 Å². The third kappa shape index (κ3) is 3.99. The van der Waals surface area contributed by atoms with Crippen molar-refractivity contribution in [2.24, 2.45) is 5.92 Å². The van der Waals surface area contributed by atoms with Gasteiger partial charge >= 0.3 is 0 Å². The van der Waals surface area contributed by atoms with Gasteiger partial charge in [0.25, 0.3) is 0 Å². The fraction of sp³-hybridized carbons (Fsp3) is 0.667. The van der Waals surface area contributed by atoms with E-state index in [9.17, 15) is 0 Å². The van der Waals surface area contributed by atoms with Crippen LogP contribution in [0.25, 0.3) is 0 Å². The molecule has 1 fully saturated rings. The summed E-state index contributed by atoms with van der Waals surface area (Å²) < 4.78 is 0. The van der Waals surface area contributed by atoms with Crippen LogP contribution >= 0.6 is 0 Å². The number of rotatable bonds is 7. The van der Waals surface area contributed by atoms with E-state index in [4.69, 9.17) is 0 Å². The molecular formula is C18H30N2. The van der Waals surface area contributed by atoms with Gasteiger partial charge in [-0.15, -0.1) is 0 Å². The summed E-state index contributed by atoms with van der Waals surface area (Å²) in [4.78, 5) is 2.39. The van der Waals surface area contributed by atoms with Crippen molar-refractivity contribution in [2.75, 3.05) is 18.0 Å². The van der Waals surface area contributed by atoms with E-state index in [1.54, 1.807) is 0 Å². The Bertz CT molecular complexity index is 375. The zero-order chi connectivity index (χ0) is 14.4. The number of anilines is 1. The number of nitrogens with one attached hydrogen (secondary N) is 1. The van der Waals surface area contributed by atoms with E-state index in [2.05, 4.69) is 55.3 Å². The van der Waals surface area contributed by atoms with Crippen LogP contribution in [0.1, 0.15) is 52.0 Å². The second kappa shape index (κ2) is 7.68. The Morgan fingerprint density at radius 2 is 1.70 bits per heavy atom. The monoisotopic (exact) mass is 274 g/mol. The van der Waals surface area contributed by atoms with Crippen LogP contribution in [0.4, 0.5) is 5.69 Å². The highest BCUT2D eigenvalue weighted by atomic mass is 15.1. The molecule has 0 spiro atoms. The number of benzene rings is 1. The van der Waals surface area contributed by atoms with Gasteiger partial charge in [-0.1, -0.05) is 25.0 Å². The van der Waals surface area contributed by atoms with Crippen molar-refractivity contribution in [3.63, 3.8) is 0 Å². The average Bonchev–Trinajstić information content (AvgIpc) is 3.01. The average molecular weight is 274 g/mol. The molecule has 20 heavy (non-hydrogen) atoms. The van der Waals surface area contributed by atoms with E-state index >= 15 is 0 Å². The molecule has 112 valence electrons. The van der Waals surface area contributed by atoms with Gasteiger partial charge in [0, 0.05) is 31.4 Å². The second-order valence-corrected chi connectivity index (χ2v) is 6.05. The predicted molar refractivity (Wildman–Crippen MR) is 88.3 cm³/mol. The molecule has 0 heterocycles. The molecule has 0 saturated heterocycles. The Kier molecular flexibility index (Phi) is 5.90. The van der Waals surface area contributed by atoms with Crippen LogP contribution in [0.15, 0.2) is 24.3 Å². The lowest BCUT2D eigenvalue weighted by Crippen LogP contribution is -2.31. The van der Waals surface area contributed by atoms with E-state index in [1.165, 1.54) is 36.9 Å². The summed E-state index contributed by atoms with van der Waals surface area (Å²) >= 11 is 0. The lowest BCUT2D eigenvalue weighted by Gasteiger charge is -2.22. The third-order valence-corrected chi connectivity index (χ3v) is 4.80. The first-order chi connectivity index (χ1) is 9.74. The van der Waals surface area contributed by atoms with E-state index in [0.717, 1.165) is 25.6 Å². The minimum Gasteiger partial charge on any atom is -0.372 e. The van der Waals surface area contributed by atoms with Crippen molar-refractivity contribution in [3.05, 3.63) is 29.8 Å². The number of hydrogen-bond acceptors (Lipinski definition) is 2. The fourth-order valence-corrected chi connectivity index (χ4v) is 3.32. The fourth-order valence-electron chi connectivity index (χ4n) is 3.32. The molecule has 2 rings (SSSR count). The minimum atomic E-state index is 0.653. The number of nitrogens with zero attached hydrogens (tertiary/aromatic N) is 1. The normalized spacial score (nSPS) is 17.4. The molecule has 1 aliphatic carbocycles. The van der Waals surface area contributed by atoms with E-state index < -0.39 is 0 Å². The Balaban J connectivity index is 1.84. The molecule has 0 bridgehead atoms. The molecule has 1 N–H and O–H groups in total. The Hall–Kier alpha value is -1.02. The quantitative estimate of drug-likeness (QED) is 0.801. The van der Waals surface area contributed by atoms with Gasteiger partial charge < -0.3 is 10.2 Å². The van der Waals surface area contributed by atoms with Crippen molar-refractivity contribution in [1.82, 2.24) is 5.32 Å². The highest BCUT2D eigenvalue weighted by Crippen LogP contribution is 2.27. The summed E-state index contributed by atoms with van der Waals surface area (Å²) in [6, 6.07) is 9.69. The summed E-state index contributed by atoms with van der Waals surface area (Å²) in [5, 5.41) is 3.70. The molecule has 2 heteroatoms. The Labute approximate surface area is 124 Å². The predicted octanol–water partition coefficient (Wildman–Crippen LogP) is 4.20. The maximum atomic E-state index is 3.70. The van der Waals surface area contributed by atoms with Gasteiger partial charge in [-0.3, -0.25) is 0 Å². The molecule has 0 aromatic heterocycles. The van der Waals surface area contributed by atoms with Crippen LogP contribution in [0.3, 0.4) is 0 Å². The maximum Gasteiger partial charge on any atom is 0.0366 e. The Morgan fingerprint density at radius 3 is 2.25 bits per heavy atom. The SMILES string of the molecule is CCN(CC)c1ccc(CNC(C)C2CCCC2)cc1. The van der Waals surface area contributed by atoms with Gasteiger partial charge in [0.1, 0.15) is 0 Å². The van der Waals surface area contributed by atoms with Crippen molar-refractivity contribution < 1.29 is 0 Å². The highest BCUT2D eigenvalue weighted by molar-refractivity contribution is 5.47. The highest BCUT2D eigenvalue weighted by Gasteiger charge is 2.20. The molecule has 1 saturated carbocycles. The topological polar surface area (TPSA) is 15.3 Å². The first kappa shape index (κ1) is 15.4. The van der Waals surface area contributed by atoms with Crippen molar-refractivity contribution in [3.8, 4) is 0 Å². The summed E-state index contributed by atoms with van der Waals surface area (Å²) in [6.45, 7) is 9.92. The molecule has 1 aromatic rings. The van der Waals surface area contributed by atoms with Gasteiger partial charge in [0.2, 0.25) is 0 Å². The molecule has 0 radical (unpaired) electrons. The third-order valence-electron chi connectivity index (χ3n) is 4.80. The number of hydrogen-bond donors (Lipinski definition) is 1. The van der Waals surface area contributed by atoms with E-state index in [0.29, 0.717) is 6.04 Å². The lowest BCUT2D eigenvalue weighted by molar-refractivity contribution is 0.380. The van der Waals surface area contributed by atoms with Gasteiger partial charge in [0.15, 0.2) is 0 Å². The van der Waals surface area contributed by atoms with Crippen molar-refractivity contribution >= 4 is 5.69 Å². The molecule has 1 atom stereocenters.